The van der Waals surface area contributed by atoms with Crippen LogP contribution in [0.1, 0.15) is 28.7 Å². The Balaban J connectivity index is 2.21. The average Bonchev–Trinajstić information content (AvgIpc) is 2.57. The van der Waals surface area contributed by atoms with E-state index < -0.39 is 0 Å². The van der Waals surface area contributed by atoms with E-state index in [1.165, 1.54) is 0 Å². The maximum atomic E-state index is 6.22. The smallest absolute Gasteiger partial charge is 0.0847 e. The summed E-state index contributed by atoms with van der Waals surface area (Å²) in [5.74, 6) is 0. The molecule has 0 fully saturated rings. The van der Waals surface area contributed by atoms with Crippen molar-refractivity contribution < 1.29 is 0 Å². The van der Waals surface area contributed by atoms with Crippen LogP contribution in [0.4, 0.5) is 0 Å². The zero-order valence-corrected chi connectivity index (χ0v) is 11.6. The van der Waals surface area contributed by atoms with E-state index in [1.54, 1.807) is 4.68 Å². The van der Waals surface area contributed by atoms with Gasteiger partial charge in [-0.2, -0.15) is 5.10 Å². The molecular formula is C13H17ClN4. The van der Waals surface area contributed by atoms with E-state index >= 15 is 0 Å². The van der Waals surface area contributed by atoms with E-state index in [-0.39, 0.29) is 6.04 Å². The van der Waals surface area contributed by atoms with Crippen LogP contribution >= 0.6 is 11.6 Å². The van der Waals surface area contributed by atoms with Crippen LogP contribution in [-0.4, -0.2) is 14.8 Å². The number of rotatable bonds is 3. The number of halogens is 1. The molecule has 0 saturated carbocycles. The summed E-state index contributed by atoms with van der Waals surface area (Å²) in [6, 6.07) is 3.85. The lowest BCUT2D eigenvalue weighted by Crippen LogP contribution is -2.16. The fraction of sp³-hybridized carbons (Fsp3) is 0.385. The fourth-order valence-corrected chi connectivity index (χ4v) is 2.16. The number of aryl methyl sites for hydroxylation is 3. The predicted octanol–water partition coefficient (Wildman–Crippen LogP) is 2.33. The van der Waals surface area contributed by atoms with Gasteiger partial charge in [0, 0.05) is 31.4 Å². The highest BCUT2D eigenvalue weighted by molar-refractivity contribution is 6.31. The van der Waals surface area contributed by atoms with Crippen LogP contribution in [-0.2, 0) is 13.5 Å². The molecule has 0 aliphatic carbocycles. The van der Waals surface area contributed by atoms with Crippen LogP contribution in [0.2, 0.25) is 5.02 Å². The number of nitrogens with zero attached hydrogens (tertiary/aromatic N) is 3. The zero-order chi connectivity index (χ0) is 13.3. The van der Waals surface area contributed by atoms with E-state index in [0.29, 0.717) is 11.4 Å². The number of aromatic nitrogens is 3. The predicted molar refractivity (Wildman–Crippen MR) is 72.6 cm³/mol. The minimum Gasteiger partial charge on any atom is -0.324 e. The quantitative estimate of drug-likeness (QED) is 0.926. The summed E-state index contributed by atoms with van der Waals surface area (Å²) in [6.45, 7) is 3.85. The summed E-state index contributed by atoms with van der Waals surface area (Å²) in [5.41, 5.74) is 9.98. The third kappa shape index (κ3) is 2.54. The normalized spacial score (nSPS) is 12.7. The Morgan fingerprint density at radius 3 is 2.61 bits per heavy atom. The highest BCUT2D eigenvalue weighted by atomic mass is 35.5. The SMILES string of the molecule is Cc1ccc(C(N)Cc2c(Cl)c(C)nn2C)cn1. The van der Waals surface area contributed by atoms with Crippen LogP contribution in [0, 0.1) is 13.8 Å². The van der Waals surface area contributed by atoms with Crippen molar-refractivity contribution in [3.05, 3.63) is 46.0 Å². The lowest BCUT2D eigenvalue weighted by Gasteiger charge is -2.12. The van der Waals surface area contributed by atoms with E-state index in [2.05, 4.69) is 10.1 Å². The highest BCUT2D eigenvalue weighted by Crippen LogP contribution is 2.24. The Hall–Kier alpha value is -1.39. The third-order valence-corrected chi connectivity index (χ3v) is 3.53. The second-order valence-corrected chi connectivity index (χ2v) is 4.89. The molecule has 4 nitrogen and oxygen atoms in total. The van der Waals surface area contributed by atoms with E-state index in [4.69, 9.17) is 17.3 Å². The molecule has 0 spiro atoms. The molecule has 0 radical (unpaired) electrons. The van der Waals surface area contributed by atoms with Gasteiger partial charge in [0.05, 0.1) is 16.4 Å². The Labute approximate surface area is 112 Å². The summed E-state index contributed by atoms with van der Waals surface area (Å²) >= 11 is 6.22. The zero-order valence-electron chi connectivity index (χ0n) is 10.8. The molecule has 1 unspecified atom stereocenters. The summed E-state index contributed by atoms with van der Waals surface area (Å²) in [7, 11) is 1.88. The van der Waals surface area contributed by atoms with Gasteiger partial charge in [0.15, 0.2) is 0 Å². The fourth-order valence-electron chi connectivity index (χ4n) is 1.93. The first-order valence-corrected chi connectivity index (χ1v) is 6.23. The van der Waals surface area contributed by atoms with Crippen molar-refractivity contribution >= 4 is 11.6 Å². The first-order valence-electron chi connectivity index (χ1n) is 5.85. The Morgan fingerprint density at radius 1 is 1.39 bits per heavy atom. The van der Waals surface area contributed by atoms with Crippen molar-refractivity contribution in [3.63, 3.8) is 0 Å². The molecule has 1 atom stereocenters. The van der Waals surface area contributed by atoms with Gasteiger partial charge in [-0.25, -0.2) is 0 Å². The summed E-state index contributed by atoms with van der Waals surface area (Å²) in [4.78, 5) is 4.26. The van der Waals surface area contributed by atoms with Crippen LogP contribution in [0.25, 0.3) is 0 Å². The molecule has 2 rings (SSSR count). The minimum absolute atomic E-state index is 0.120. The van der Waals surface area contributed by atoms with Crippen molar-refractivity contribution in [1.82, 2.24) is 14.8 Å². The van der Waals surface area contributed by atoms with Crippen molar-refractivity contribution in [2.75, 3.05) is 0 Å². The largest absolute Gasteiger partial charge is 0.324 e. The minimum atomic E-state index is -0.120. The second kappa shape index (κ2) is 5.08. The van der Waals surface area contributed by atoms with Gasteiger partial charge in [0.2, 0.25) is 0 Å². The lowest BCUT2D eigenvalue weighted by molar-refractivity contribution is 0.638. The molecule has 5 heteroatoms. The summed E-state index contributed by atoms with van der Waals surface area (Å²) in [6.07, 6.45) is 2.47. The molecule has 2 heterocycles. The van der Waals surface area contributed by atoms with Gasteiger partial charge in [0.25, 0.3) is 0 Å². The van der Waals surface area contributed by atoms with Crippen LogP contribution in [0.15, 0.2) is 18.3 Å². The first-order chi connectivity index (χ1) is 8.49. The molecule has 0 saturated heterocycles. The molecule has 0 aliphatic rings. The maximum absolute atomic E-state index is 6.22. The molecule has 2 N–H and O–H groups in total. The van der Waals surface area contributed by atoms with Crippen LogP contribution in [0.5, 0.6) is 0 Å². The van der Waals surface area contributed by atoms with E-state index in [0.717, 1.165) is 22.6 Å². The van der Waals surface area contributed by atoms with E-state index in [1.807, 2.05) is 39.2 Å². The van der Waals surface area contributed by atoms with Gasteiger partial charge in [-0.05, 0) is 25.5 Å². The molecule has 2 aromatic heterocycles. The maximum Gasteiger partial charge on any atom is 0.0847 e. The molecule has 96 valence electrons. The Kier molecular flexibility index (Phi) is 3.68. The summed E-state index contributed by atoms with van der Waals surface area (Å²) in [5, 5.41) is 4.99. The highest BCUT2D eigenvalue weighted by Gasteiger charge is 2.15. The molecule has 2 aromatic rings. The van der Waals surface area contributed by atoms with Gasteiger partial charge >= 0.3 is 0 Å². The van der Waals surface area contributed by atoms with Crippen molar-refractivity contribution in [3.8, 4) is 0 Å². The Morgan fingerprint density at radius 2 is 2.11 bits per heavy atom. The number of hydrogen-bond acceptors (Lipinski definition) is 3. The molecule has 0 amide bonds. The molecule has 18 heavy (non-hydrogen) atoms. The van der Waals surface area contributed by atoms with Gasteiger partial charge < -0.3 is 5.73 Å². The monoisotopic (exact) mass is 264 g/mol. The standard InChI is InChI=1S/C13H17ClN4/c1-8-4-5-10(7-16-8)11(15)6-12-13(14)9(2)17-18(12)3/h4-5,7,11H,6,15H2,1-3H3. The van der Waals surface area contributed by atoms with Crippen molar-refractivity contribution in [1.29, 1.82) is 0 Å². The van der Waals surface area contributed by atoms with Gasteiger partial charge in [-0.3, -0.25) is 9.67 Å². The Bertz CT molecular complexity index is 545. The second-order valence-electron chi connectivity index (χ2n) is 4.51. The van der Waals surface area contributed by atoms with Gasteiger partial charge in [0.1, 0.15) is 0 Å². The number of pyridine rings is 1. The van der Waals surface area contributed by atoms with Gasteiger partial charge in [-0.1, -0.05) is 17.7 Å². The lowest BCUT2D eigenvalue weighted by atomic mass is 10.0. The number of nitrogens with two attached hydrogens (primary N) is 1. The van der Waals surface area contributed by atoms with Crippen molar-refractivity contribution in [2.45, 2.75) is 26.3 Å². The van der Waals surface area contributed by atoms with Crippen molar-refractivity contribution in [2.24, 2.45) is 12.8 Å². The number of hydrogen-bond donors (Lipinski definition) is 1. The van der Waals surface area contributed by atoms with Gasteiger partial charge in [-0.15, -0.1) is 0 Å². The first kappa shape index (κ1) is 13.1. The third-order valence-electron chi connectivity index (χ3n) is 3.04. The molecule has 0 aromatic carbocycles. The molecular weight excluding hydrogens is 248 g/mol. The average molecular weight is 265 g/mol. The van der Waals surface area contributed by atoms with Crippen LogP contribution < -0.4 is 5.73 Å². The summed E-state index contributed by atoms with van der Waals surface area (Å²) < 4.78 is 1.79. The topological polar surface area (TPSA) is 56.7 Å². The van der Waals surface area contributed by atoms with Crippen LogP contribution in [0.3, 0.4) is 0 Å². The molecule has 0 aliphatic heterocycles. The molecule has 0 bridgehead atoms. The van der Waals surface area contributed by atoms with E-state index in [9.17, 15) is 0 Å².